The van der Waals surface area contributed by atoms with Crippen LogP contribution in [0.15, 0.2) is 30.3 Å². The van der Waals surface area contributed by atoms with Gasteiger partial charge in [0.2, 0.25) is 0 Å². The normalized spacial score (nSPS) is 11.0. The Kier molecular flexibility index (Phi) is 2.49. The van der Waals surface area contributed by atoms with Crippen molar-refractivity contribution in [1.29, 1.82) is 0 Å². The molecule has 0 saturated carbocycles. The Hall–Kier alpha value is -2.10. The summed E-state index contributed by atoms with van der Waals surface area (Å²) in [5, 5.41) is 0. The molecule has 1 N–H and O–H groups in total. The maximum absolute atomic E-state index is 10.8. The zero-order valence-corrected chi connectivity index (χ0v) is 8.23. The Labute approximate surface area is 86.6 Å². The average Bonchev–Trinajstić information content (AvgIpc) is 2.68. The summed E-state index contributed by atoms with van der Waals surface area (Å²) in [5.41, 5.74) is 1.82. The fraction of sp³-hybridized carbons (Fsp3) is 0.0909. The van der Waals surface area contributed by atoms with Gasteiger partial charge in [0.25, 0.3) is 0 Å². The zero-order valence-electron chi connectivity index (χ0n) is 8.23. The second-order valence-electron chi connectivity index (χ2n) is 3.00. The minimum atomic E-state index is -0.393. The number of nitrogens with zero attached hydrogens (tertiary/aromatic N) is 1. The fourth-order valence-corrected chi connectivity index (χ4v) is 1.27. The van der Waals surface area contributed by atoms with Gasteiger partial charge in [-0.1, -0.05) is 12.1 Å². The minimum Gasteiger partial charge on any atom is -0.466 e. The summed E-state index contributed by atoms with van der Waals surface area (Å²) in [6, 6.07) is 7.67. The van der Waals surface area contributed by atoms with Gasteiger partial charge < -0.3 is 9.72 Å². The van der Waals surface area contributed by atoms with Crippen molar-refractivity contribution in [3.8, 4) is 0 Å². The first kappa shape index (κ1) is 9.45. The molecule has 76 valence electrons. The minimum absolute atomic E-state index is 0.393. The first-order valence-electron chi connectivity index (χ1n) is 4.50. The fourth-order valence-electron chi connectivity index (χ4n) is 1.27. The number of carbonyl (C=O) groups is 1. The topological polar surface area (TPSA) is 55.0 Å². The molecule has 15 heavy (non-hydrogen) atoms. The molecule has 1 aromatic carbocycles. The number of esters is 1. The van der Waals surface area contributed by atoms with Crippen LogP contribution < -0.4 is 0 Å². The summed E-state index contributed by atoms with van der Waals surface area (Å²) in [4.78, 5) is 18.2. The van der Waals surface area contributed by atoms with E-state index in [9.17, 15) is 4.79 Å². The maximum atomic E-state index is 10.8. The number of hydrogen-bond acceptors (Lipinski definition) is 3. The summed E-state index contributed by atoms with van der Waals surface area (Å²) in [7, 11) is 1.34. The van der Waals surface area contributed by atoms with E-state index < -0.39 is 5.97 Å². The highest BCUT2D eigenvalue weighted by molar-refractivity contribution is 5.87. The van der Waals surface area contributed by atoms with Crippen LogP contribution in [0.4, 0.5) is 0 Å². The first-order chi connectivity index (χ1) is 7.29. The van der Waals surface area contributed by atoms with Gasteiger partial charge >= 0.3 is 5.97 Å². The third kappa shape index (κ3) is 2.04. The van der Waals surface area contributed by atoms with Gasteiger partial charge in [-0.15, -0.1) is 0 Å². The van der Waals surface area contributed by atoms with Crippen LogP contribution in [-0.4, -0.2) is 23.0 Å². The number of benzene rings is 1. The highest BCUT2D eigenvalue weighted by Gasteiger charge is 1.98. The molecule has 2 rings (SSSR count). The molecular weight excluding hydrogens is 192 g/mol. The summed E-state index contributed by atoms with van der Waals surface area (Å²) >= 11 is 0. The molecular formula is C11H10N2O2. The second kappa shape index (κ2) is 3.96. The molecule has 0 bridgehead atoms. The summed E-state index contributed by atoms with van der Waals surface area (Å²) in [6.45, 7) is 0. The number of hydrogen-bond donors (Lipinski definition) is 1. The van der Waals surface area contributed by atoms with Crippen molar-refractivity contribution in [1.82, 2.24) is 9.97 Å². The zero-order chi connectivity index (χ0) is 10.7. The lowest BCUT2D eigenvalue weighted by atomic mass is 10.3. The Bertz CT molecular complexity index is 481. The lowest BCUT2D eigenvalue weighted by Gasteiger charge is -1.87. The number of nitrogens with one attached hydrogen (secondary N) is 1. The predicted octanol–water partition coefficient (Wildman–Crippen LogP) is 1.75. The first-order valence-corrected chi connectivity index (χ1v) is 4.50. The summed E-state index contributed by atoms with van der Waals surface area (Å²) in [5.74, 6) is 0.247. The quantitative estimate of drug-likeness (QED) is 0.596. The lowest BCUT2D eigenvalue weighted by molar-refractivity contribution is -0.134. The van der Waals surface area contributed by atoms with Crippen molar-refractivity contribution >= 4 is 23.1 Å². The number of rotatable bonds is 2. The molecule has 0 radical (unpaired) electrons. The SMILES string of the molecule is COC(=O)C=Cc1nc2ccccc2[nH]1. The second-order valence-corrected chi connectivity index (χ2v) is 3.00. The van der Waals surface area contributed by atoms with Crippen molar-refractivity contribution in [3.63, 3.8) is 0 Å². The van der Waals surface area contributed by atoms with Crippen LogP contribution in [0, 0.1) is 0 Å². The molecule has 1 aromatic heterocycles. The molecule has 0 saturated heterocycles. The van der Waals surface area contributed by atoms with Crippen molar-refractivity contribution in [2.75, 3.05) is 7.11 Å². The van der Waals surface area contributed by atoms with Gasteiger partial charge in [0.15, 0.2) is 0 Å². The van der Waals surface area contributed by atoms with E-state index in [4.69, 9.17) is 0 Å². The maximum Gasteiger partial charge on any atom is 0.330 e. The molecule has 0 aliphatic heterocycles. The van der Waals surface area contributed by atoms with Crippen LogP contribution in [-0.2, 0) is 9.53 Å². The Balaban J connectivity index is 2.29. The van der Waals surface area contributed by atoms with E-state index in [1.165, 1.54) is 13.2 Å². The molecule has 0 unspecified atom stereocenters. The molecule has 4 nitrogen and oxygen atoms in total. The van der Waals surface area contributed by atoms with Gasteiger partial charge in [0.1, 0.15) is 5.82 Å². The van der Waals surface area contributed by atoms with Crippen LogP contribution in [0.2, 0.25) is 0 Å². The average molecular weight is 202 g/mol. The third-order valence-electron chi connectivity index (χ3n) is 1.99. The number of H-pyrrole nitrogens is 1. The smallest absolute Gasteiger partial charge is 0.330 e. The third-order valence-corrected chi connectivity index (χ3v) is 1.99. The molecule has 0 aliphatic carbocycles. The molecule has 0 atom stereocenters. The number of carbonyl (C=O) groups excluding carboxylic acids is 1. The number of fused-ring (bicyclic) bond motifs is 1. The highest BCUT2D eigenvalue weighted by atomic mass is 16.5. The van der Waals surface area contributed by atoms with Crippen molar-refractivity contribution in [2.24, 2.45) is 0 Å². The number of aromatic nitrogens is 2. The van der Waals surface area contributed by atoms with E-state index >= 15 is 0 Å². The van der Waals surface area contributed by atoms with E-state index in [0.717, 1.165) is 11.0 Å². The van der Waals surface area contributed by atoms with Crippen molar-refractivity contribution in [2.45, 2.75) is 0 Å². The molecule has 0 aliphatic rings. The van der Waals surface area contributed by atoms with E-state index in [0.29, 0.717) is 5.82 Å². The van der Waals surface area contributed by atoms with Gasteiger partial charge in [-0.3, -0.25) is 0 Å². The summed E-state index contributed by atoms with van der Waals surface area (Å²) < 4.78 is 4.48. The van der Waals surface area contributed by atoms with Crippen molar-refractivity contribution < 1.29 is 9.53 Å². The molecule has 1 heterocycles. The Morgan fingerprint density at radius 2 is 2.27 bits per heavy atom. The predicted molar refractivity (Wildman–Crippen MR) is 57.1 cm³/mol. The molecule has 2 aromatic rings. The van der Waals surface area contributed by atoms with Gasteiger partial charge in [0.05, 0.1) is 18.1 Å². The van der Waals surface area contributed by atoms with E-state index in [1.807, 2.05) is 24.3 Å². The number of ether oxygens (including phenoxy) is 1. The van der Waals surface area contributed by atoms with E-state index in [1.54, 1.807) is 6.08 Å². The largest absolute Gasteiger partial charge is 0.466 e. The van der Waals surface area contributed by atoms with Gasteiger partial charge in [-0.05, 0) is 18.2 Å². The van der Waals surface area contributed by atoms with Crippen molar-refractivity contribution in [3.05, 3.63) is 36.2 Å². The van der Waals surface area contributed by atoms with Crippen LogP contribution in [0.1, 0.15) is 5.82 Å². The highest BCUT2D eigenvalue weighted by Crippen LogP contribution is 2.10. The molecule has 0 amide bonds. The molecule has 4 heteroatoms. The number of methoxy groups -OCH3 is 1. The molecule has 0 spiro atoms. The van der Waals surface area contributed by atoms with E-state index in [-0.39, 0.29) is 0 Å². The van der Waals surface area contributed by atoms with Crippen LogP contribution in [0.5, 0.6) is 0 Å². The number of imidazole rings is 1. The van der Waals surface area contributed by atoms with E-state index in [2.05, 4.69) is 14.7 Å². The lowest BCUT2D eigenvalue weighted by Crippen LogP contribution is -1.93. The standard InChI is InChI=1S/C11H10N2O2/c1-15-11(14)7-6-10-12-8-4-2-3-5-9(8)13-10/h2-7H,1H3,(H,12,13). The summed E-state index contributed by atoms with van der Waals surface area (Å²) in [6.07, 6.45) is 2.92. The number of aromatic amines is 1. The molecule has 0 fully saturated rings. The monoisotopic (exact) mass is 202 g/mol. The van der Waals surface area contributed by atoms with Gasteiger partial charge in [0, 0.05) is 6.08 Å². The Morgan fingerprint density at radius 3 is 3.00 bits per heavy atom. The van der Waals surface area contributed by atoms with Crippen LogP contribution >= 0.6 is 0 Å². The van der Waals surface area contributed by atoms with Gasteiger partial charge in [-0.25, -0.2) is 9.78 Å². The Morgan fingerprint density at radius 1 is 1.47 bits per heavy atom. The van der Waals surface area contributed by atoms with Gasteiger partial charge in [-0.2, -0.15) is 0 Å². The number of para-hydroxylation sites is 2. The van der Waals surface area contributed by atoms with Crippen LogP contribution in [0.3, 0.4) is 0 Å². The van der Waals surface area contributed by atoms with Crippen LogP contribution in [0.25, 0.3) is 17.1 Å².